The van der Waals surface area contributed by atoms with E-state index in [1.165, 1.54) is 4.68 Å². The first-order valence-corrected chi connectivity index (χ1v) is 9.26. The molecule has 1 aromatic rings. The summed E-state index contributed by atoms with van der Waals surface area (Å²) in [5.41, 5.74) is -0.554. The average molecular weight is 481 g/mol. The van der Waals surface area contributed by atoms with Gasteiger partial charge >= 0.3 is 18.0 Å². The van der Waals surface area contributed by atoms with Crippen LogP contribution in [-0.4, -0.2) is 53.2 Å². The highest BCUT2D eigenvalue weighted by atomic mass is 127. The molecule has 0 aliphatic rings. The molecule has 1 N–H and O–H groups in total. The Bertz CT molecular complexity index is 666. The number of amides is 1. The van der Waals surface area contributed by atoms with Crippen LogP contribution >= 0.6 is 22.6 Å². The highest BCUT2D eigenvalue weighted by Gasteiger charge is 2.29. The largest absolute Gasteiger partial charge is 0.462 e. The van der Waals surface area contributed by atoms with E-state index in [9.17, 15) is 14.4 Å². The van der Waals surface area contributed by atoms with E-state index in [1.54, 1.807) is 34.6 Å². The highest BCUT2D eigenvalue weighted by molar-refractivity contribution is 14.1. The van der Waals surface area contributed by atoms with E-state index in [0.29, 0.717) is 3.70 Å². The fourth-order valence-electron chi connectivity index (χ4n) is 1.96. The molecule has 1 amide bonds. The monoisotopic (exact) mass is 481 g/mol. The minimum atomic E-state index is -0.678. The van der Waals surface area contributed by atoms with Crippen molar-refractivity contribution in [3.63, 3.8) is 0 Å². The Kier molecular flexibility index (Phi) is 8.31. The minimum Gasteiger partial charge on any atom is -0.462 e. The molecule has 0 aromatic carbocycles. The summed E-state index contributed by atoms with van der Waals surface area (Å²) in [5.74, 6) is -1.32. The predicted molar refractivity (Wildman–Crippen MR) is 101 cm³/mol. The molecule has 1 rings (SSSR count). The zero-order chi connectivity index (χ0) is 19.9. The fraction of sp³-hybridized carbons (Fsp3) is 0.625. The van der Waals surface area contributed by atoms with Crippen molar-refractivity contribution < 1.29 is 28.6 Å². The molecular formula is C16H24IN3O6. The number of alkyl carbamates (subject to hydrolysis) is 1. The molecule has 146 valence electrons. The number of esters is 2. The van der Waals surface area contributed by atoms with Gasteiger partial charge in [-0.05, 0) is 57.2 Å². The minimum absolute atomic E-state index is 0.000638. The molecule has 26 heavy (non-hydrogen) atoms. The maximum atomic E-state index is 12.3. The van der Waals surface area contributed by atoms with Crippen LogP contribution in [0.2, 0.25) is 0 Å². The Hall–Kier alpha value is -1.85. The van der Waals surface area contributed by atoms with Gasteiger partial charge in [-0.1, -0.05) is 0 Å². The quantitative estimate of drug-likeness (QED) is 0.362. The van der Waals surface area contributed by atoms with Gasteiger partial charge in [-0.2, -0.15) is 5.10 Å². The molecule has 0 spiro atoms. The SMILES string of the molecule is CCOC(=O)c1c(I)nn(CCNC(=O)OC(C)(C)C)c1C(=O)OCC. The van der Waals surface area contributed by atoms with Crippen LogP contribution in [-0.2, 0) is 20.8 Å². The topological polar surface area (TPSA) is 109 Å². The lowest BCUT2D eigenvalue weighted by molar-refractivity contribution is 0.0468. The summed E-state index contributed by atoms with van der Waals surface area (Å²) in [6.07, 6.45) is -0.581. The molecule has 0 bridgehead atoms. The number of aromatic nitrogens is 2. The van der Waals surface area contributed by atoms with E-state index in [0.717, 1.165) is 0 Å². The van der Waals surface area contributed by atoms with Crippen molar-refractivity contribution in [2.24, 2.45) is 0 Å². The van der Waals surface area contributed by atoms with E-state index in [-0.39, 0.29) is 37.6 Å². The third-order valence-electron chi connectivity index (χ3n) is 2.85. The normalized spacial score (nSPS) is 11.0. The van der Waals surface area contributed by atoms with Crippen molar-refractivity contribution in [2.75, 3.05) is 19.8 Å². The molecule has 0 fully saturated rings. The number of halogens is 1. The molecule has 1 heterocycles. The molecule has 1 aromatic heterocycles. The van der Waals surface area contributed by atoms with Gasteiger partial charge in [0.25, 0.3) is 0 Å². The number of nitrogens with zero attached hydrogens (tertiary/aromatic N) is 2. The number of nitrogens with one attached hydrogen (secondary N) is 1. The Morgan fingerprint density at radius 3 is 2.23 bits per heavy atom. The van der Waals surface area contributed by atoms with E-state index >= 15 is 0 Å². The number of hydrogen-bond donors (Lipinski definition) is 1. The summed E-state index contributed by atoms with van der Waals surface area (Å²) in [6, 6.07) is 0. The molecule has 0 aliphatic carbocycles. The maximum Gasteiger partial charge on any atom is 0.407 e. The molecule has 10 heteroatoms. The third kappa shape index (κ3) is 6.46. The Balaban J connectivity index is 2.96. The fourth-order valence-corrected chi connectivity index (χ4v) is 2.70. The molecule has 9 nitrogen and oxygen atoms in total. The van der Waals surface area contributed by atoms with Crippen LogP contribution in [0.4, 0.5) is 4.79 Å². The molecule has 0 aliphatic heterocycles. The van der Waals surface area contributed by atoms with Gasteiger partial charge in [-0.15, -0.1) is 0 Å². The molecule has 0 saturated heterocycles. The highest BCUT2D eigenvalue weighted by Crippen LogP contribution is 2.19. The third-order valence-corrected chi connectivity index (χ3v) is 3.61. The Morgan fingerprint density at radius 1 is 1.12 bits per heavy atom. The van der Waals surface area contributed by atoms with Crippen molar-refractivity contribution >= 4 is 40.6 Å². The van der Waals surface area contributed by atoms with Crippen LogP contribution in [0.25, 0.3) is 0 Å². The van der Waals surface area contributed by atoms with Gasteiger partial charge in [0, 0.05) is 6.54 Å². The molecular weight excluding hydrogens is 457 g/mol. The number of rotatable bonds is 7. The summed E-state index contributed by atoms with van der Waals surface area (Å²) in [4.78, 5) is 36.2. The first-order chi connectivity index (χ1) is 12.1. The van der Waals surface area contributed by atoms with Crippen LogP contribution < -0.4 is 5.32 Å². The van der Waals surface area contributed by atoms with Crippen molar-refractivity contribution in [2.45, 2.75) is 46.8 Å². The maximum absolute atomic E-state index is 12.3. The summed E-state index contributed by atoms with van der Waals surface area (Å²) < 4.78 is 16.8. The van der Waals surface area contributed by atoms with Crippen LogP contribution in [0.5, 0.6) is 0 Å². The number of carbonyl (C=O) groups excluding carboxylic acids is 3. The van der Waals surface area contributed by atoms with E-state index in [2.05, 4.69) is 10.4 Å². The van der Waals surface area contributed by atoms with Crippen LogP contribution in [0.1, 0.15) is 55.5 Å². The van der Waals surface area contributed by atoms with Gasteiger partial charge in [0.2, 0.25) is 0 Å². The molecule has 0 atom stereocenters. The Morgan fingerprint density at radius 2 is 1.69 bits per heavy atom. The van der Waals surface area contributed by atoms with Gasteiger partial charge in [0.05, 0.1) is 19.8 Å². The second-order valence-electron chi connectivity index (χ2n) is 6.11. The molecule has 0 unspecified atom stereocenters. The van der Waals surface area contributed by atoms with Gasteiger partial charge in [0.1, 0.15) is 14.9 Å². The average Bonchev–Trinajstić information content (AvgIpc) is 2.82. The van der Waals surface area contributed by atoms with E-state index in [4.69, 9.17) is 14.2 Å². The molecule has 0 saturated carbocycles. The lowest BCUT2D eigenvalue weighted by atomic mass is 10.2. The summed E-state index contributed by atoms with van der Waals surface area (Å²) in [7, 11) is 0. The smallest absolute Gasteiger partial charge is 0.407 e. The number of ether oxygens (including phenoxy) is 3. The summed E-state index contributed by atoms with van der Waals surface area (Å²) in [6.45, 7) is 9.24. The van der Waals surface area contributed by atoms with Crippen molar-refractivity contribution in [1.82, 2.24) is 15.1 Å². The second kappa shape index (κ2) is 9.74. The molecule has 0 radical (unpaired) electrons. The number of carbonyl (C=O) groups is 3. The van der Waals surface area contributed by atoms with Crippen molar-refractivity contribution in [3.05, 3.63) is 15.0 Å². The second-order valence-corrected chi connectivity index (χ2v) is 7.13. The zero-order valence-electron chi connectivity index (χ0n) is 15.6. The van der Waals surface area contributed by atoms with Crippen molar-refractivity contribution in [3.8, 4) is 0 Å². The number of hydrogen-bond acceptors (Lipinski definition) is 7. The Labute approximate surface area is 165 Å². The zero-order valence-corrected chi connectivity index (χ0v) is 17.7. The van der Waals surface area contributed by atoms with Gasteiger partial charge in [-0.25, -0.2) is 14.4 Å². The summed E-state index contributed by atoms with van der Waals surface area (Å²) in [5, 5.41) is 6.77. The standard InChI is InChI=1S/C16H24IN3O6/c1-6-24-13(21)10-11(14(22)25-7-2)20(19-12(10)17)9-8-18-15(23)26-16(3,4)5/h6-9H2,1-5H3,(H,18,23). The van der Waals surface area contributed by atoms with Gasteiger partial charge in [-0.3, -0.25) is 4.68 Å². The van der Waals surface area contributed by atoms with Crippen LogP contribution in [0.3, 0.4) is 0 Å². The first-order valence-electron chi connectivity index (χ1n) is 8.18. The van der Waals surface area contributed by atoms with Crippen molar-refractivity contribution in [1.29, 1.82) is 0 Å². The van der Waals surface area contributed by atoms with Crippen LogP contribution in [0, 0.1) is 3.70 Å². The predicted octanol–water partition coefficient (Wildman–Crippen LogP) is 2.37. The van der Waals surface area contributed by atoms with E-state index < -0.39 is 23.6 Å². The summed E-state index contributed by atoms with van der Waals surface area (Å²) >= 11 is 1.85. The van der Waals surface area contributed by atoms with Gasteiger partial charge in [0.15, 0.2) is 5.69 Å². The first kappa shape index (κ1) is 22.2. The lowest BCUT2D eigenvalue weighted by Gasteiger charge is -2.19. The lowest BCUT2D eigenvalue weighted by Crippen LogP contribution is -2.34. The van der Waals surface area contributed by atoms with Crippen LogP contribution in [0.15, 0.2) is 0 Å². The van der Waals surface area contributed by atoms with Gasteiger partial charge < -0.3 is 19.5 Å². The van der Waals surface area contributed by atoms with E-state index in [1.807, 2.05) is 22.6 Å².